The summed E-state index contributed by atoms with van der Waals surface area (Å²) in [7, 11) is 0. The van der Waals surface area contributed by atoms with Crippen molar-refractivity contribution in [3.05, 3.63) is 30.1 Å². The molecular formula is C11H12FNO4. The molecule has 0 aliphatic carbocycles. The van der Waals surface area contributed by atoms with Gasteiger partial charge in [0.05, 0.1) is 5.69 Å². The first-order valence-corrected chi connectivity index (χ1v) is 4.89. The van der Waals surface area contributed by atoms with Crippen LogP contribution >= 0.6 is 0 Å². The summed E-state index contributed by atoms with van der Waals surface area (Å²) >= 11 is 0. The number of nitrogens with one attached hydrogen (secondary N) is 1. The van der Waals surface area contributed by atoms with Crippen LogP contribution in [0.25, 0.3) is 0 Å². The van der Waals surface area contributed by atoms with Gasteiger partial charge in [-0.25, -0.2) is 9.18 Å². The number of carbonyl (C=O) groups is 2. The Morgan fingerprint density at radius 1 is 1.47 bits per heavy atom. The van der Waals surface area contributed by atoms with E-state index in [0.717, 1.165) is 0 Å². The van der Waals surface area contributed by atoms with Crippen LogP contribution in [0.1, 0.15) is 6.92 Å². The van der Waals surface area contributed by atoms with Crippen molar-refractivity contribution in [1.29, 1.82) is 0 Å². The van der Waals surface area contributed by atoms with Gasteiger partial charge in [0.1, 0.15) is 12.4 Å². The molecule has 0 spiro atoms. The van der Waals surface area contributed by atoms with Crippen molar-refractivity contribution >= 4 is 17.6 Å². The van der Waals surface area contributed by atoms with Crippen LogP contribution in [0.15, 0.2) is 24.3 Å². The normalized spacial score (nSPS) is 11.9. The number of hydrogen-bond donors (Lipinski definition) is 2. The minimum Gasteiger partial charge on any atom is -0.479 e. The zero-order valence-corrected chi connectivity index (χ0v) is 9.14. The van der Waals surface area contributed by atoms with E-state index in [2.05, 4.69) is 5.32 Å². The van der Waals surface area contributed by atoms with Crippen LogP contribution in [0.3, 0.4) is 0 Å². The Morgan fingerprint density at radius 2 is 2.12 bits per heavy atom. The Balaban J connectivity index is 2.46. The van der Waals surface area contributed by atoms with Crippen LogP contribution in [0.4, 0.5) is 10.1 Å². The van der Waals surface area contributed by atoms with Crippen LogP contribution in [0.2, 0.25) is 0 Å². The number of carboxylic acid groups (broad SMARTS) is 1. The predicted molar refractivity (Wildman–Crippen MR) is 58.1 cm³/mol. The van der Waals surface area contributed by atoms with Gasteiger partial charge in [-0.3, -0.25) is 4.79 Å². The minimum atomic E-state index is -1.16. The molecule has 0 aliphatic heterocycles. The fourth-order valence-corrected chi connectivity index (χ4v) is 1.02. The molecule has 0 heterocycles. The average molecular weight is 241 g/mol. The molecule has 0 aromatic heterocycles. The van der Waals surface area contributed by atoms with Gasteiger partial charge in [0.25, 0.3) is 0 Å². The largest absolute Gasteiger partial charge is 0.479 e. The van der Waals surface area contributed by atoms with Gasteiger partial charge in [-0.05, 0) is 19.1 Å². The molecule has 1 aromatic rings. The number of hydrogen-bond acceptors (Lipinski definition) is 3. The molecule has 6 heteroatoms. The van der Waals surface area contributed by atoms with Crippen molar-refractivity contribution in [2.45, 2.75) is 13.0 Å². The lowest BCUT2D eigenvalue weighted by Crippen LogP contribution is -2.26. The van der Waals surface area contributed by atoms with Crippen molar-refractivity contribution in [1.82, 2.24) is 0 Å². The zero-order chi connectivity index (χ0) is 12.8. The number of carbonyl (C=O) groups excluding carboxylic acids is 1. The van der Waals surface area contributed by atoms with E-state index in [4.69, 9.17) is 9.84 Å². The second-order valence-electron chi connectivity index (χ2n) is 3.32. The van der Waals surface area contributed by atoms with Gasteiger partial charge >= 0.3 is 5.97 Å². The molecule has 0 radical (unpaired) electrons. The summed E-state index contributed by atoms with van der Waals surface area (Å²) in [6.07, 6.45) is -1.08. The molecule has 1 aromatic carbocycles. The SMILES string of the molecule is CC(OCC(=O)Nc1ccccc1F)C(=O)O. The number of halogens is 1. The molecule has 0 aliphatic rings. The van der Waals surface area contributed by atoms with Gasteiger partial charge in [-0.1, -0.05) is 12.1 Å². The first-order chi connectivity index (χ1) is 8.00. The van der Waals surface area contributed by atoms with Gasteiger partial charge in [0.15, 0.2) is 6.10 Å². The minimum absolute atomic E-state index is 0.0316. The molecule has 0 saturated carbocycles. The van der Waals surface area contributed by atoms with Gasteiger partial charge in [0.2, 0.25) is 5.91 Å². The van der Waals surface area contributed by atoms with E-state index in [1.54, 1.807) is 6.07 Å². The molecule has 1 atom stereocenters. The highest BCUT2D eigenvalue weighted by atomic mass is 19.1. The topological polar surface area (TPSA) is 75.6 Å². The third-order valence-electron chi connectivity index (χ3n) is 1.96. The Labute approximate surface area is 97.2 Å². The molecule has 2 N–H and O–H groups in total. The number of carboxylic acids is 1. The lowest BCUT2D eigenvalue weighted by molar-refractivity contribution is -0.150. The lowest BCUT2D eigenvalue weighted by atomic mass is 10.3. The van der Waals surface area contributed by atoms with E-state index < -0.39 is 30.4 Å². The Morgan fingerprint density at radius 3 is 2.71 bits per heavy atom. The number of rotatable bonds is 5. The van der Waals surface area contributed by atoms with Crippen LogP contribution in [-0.4, -0.2) is 29.7 Å². The highest BCUT2D eigenvalue weighted by molar-refractivity contribution is 5.91. The molecule has 0 bridgehead atoms. The van der Waals surface area contributed by atoms with Crippen molar-refractivity contribution < 1.29 is 23.8 Å². The maximum absolute atomic E-state index is 13.1. The Kier molecular flexibility index (Phi) is 4.59. The highest BCUT2D eigenvalue weighted by Gasteiger charge is 2.13. The van der Waals surface area contributed by atoms with Crippen molar-refractivity contribution in [3.63, 3.8) is 0 Å². The first kappa shape index (κ1) is 13.1. The Bertz CT molecular complexity index is 422. The summed E-state index contributed by atoms with van der Waals surface area (Å²) < 4.78 is 17.9. The number of ether oxygens (including phenoxy) is 1. The van der Waals surface area contributed by atoms with Crippen LogP contribution < -0.4 is 5.32 Å². The number of benzene rings is 1. The molecule has 1 rings (SSSR count). The second kappa shape index (κ2) is 5.95. The fourth-order valence-electron chi connectivity index (χ4n) is 1.02. The highest BCUT2D eigenvalue weighted by Crippen LogP contribution is 2.11. The predicted octanol–water partition coefficient (Wildman–Crippen LogP) is 1.25. The monoisotopic (exact) mass is 241 g/mol. The lowest BCUT2D eigenvalue weighted by Gasteiger charge is -2.09. The molecule has 92 valence electrons. The van der Waals surface area contributed by atoms with E-state index in [1.807, 2.05) is 0 Å². The molecule has 17 heavy (non-hydrogen) atoms. The fraction of sp³-hybridized carbons (Fsp3) is 0.273. The molecule has 0 saturated heterocycles. The summed E-state index contributed by atoms with van der Waals surface area (Å²) in [5.74, 6) is -2.33. The quantitative estimate of drug-likeness (QED) is 0.813. The van der Waals surface area contributed by atoms with E-state index in [9.17, 15) is 14.0 Å². The van der Waals surface area contributed by atoms with Crippen LogP contribution in [0.5, 0.6) is 0 Å². The molecule has 5 nitrogen and oxygen atoms in total. The second-order valence-corrected chi connectivity index (χ2v) is 3.32. The van der Waals surface area contributed by atoms with Gasteiger partial charge in [0, 0.05) is 0 Å². The number of anilines is 1. The third kappa shape index (κ3) is 4.20. The van der Waals surface area contributed by atoms with E-state index >= 15 is 0 Å². The summed E-state index contributed by atoms with van der Waals surface area (Å²) in [6, 6.07) is 5.66. The Hall–Kier alpha value is -1.95. The van der Waals surface area contributed by atoms with Crippen molar-refractivity contribution in [2.75, 3.05) is 11.9 Å². The summed E-state index contributed by atoms with van der Waals surface area (Å²) in [6.45, 7) is 0.862. The average Bonchev–Trinajstić information content (AvgIpc) is 2.29. The zero-order valence-electron chi connectivity index (χ0n) is 9.14. The maximum Gasteiger partial charge on any atom is 0.332 e. The van der Waals surface area contributed by atoms with E-state index in [-0.39, 0.29) is 5.69 Å². The third-order valence-corrected chi connectivity index (χ3v) is 1.96. The standard InChI is InChI=1S/C11H12FNO4/c1-7(11(15)16)17-6-10(14)13-9-5-3-2-4-8(9)12/h2-5,7H,6H2,1H3,(H,13,14)(H,15,16). The number of para-hydroxylation sites is 1. The first-order valence-electron chi connectivity index (χ1n) is 4.89. The number of aliphatic carboxylic acids is 1. The summed E-state index contributed by atoms with van der Waals surface area (Å²) in [5, 5.41) is 10.8. The van der Waals surface area contributed by atoms with Crippen LogP contribution in [-0.2, 0) is 14.3 Å². The molecular weight excluding hydrogens is 229 g/mol. The molecule has 0 fully saturated rings. The molecule has 1 amide bonds. The van der Waals surface area contributed by atoms with Crippen molar-refractivity contribution in [3.8, 4) is 0 Å². The maximum atomic E-state index is 13.1. The van der Waals surface area contributed by atoms with Crippen molar-refractivity contribution in [2.24, 2.45) is 0 Å². The van der Waals surface area contributed by atoms with E-state index in [1.165, 1.54) is 25.1 Å². The summed E-state index contributed by atoms with van der Waals surface area (Å²) in [5.41, 5.74) is 0.0316. The smallest absolute Gasteiger partial charge is 0.332 e. The number of amides is 1. The molecule has 1 unspecified atom stereocenters. The van der Waals surface area contributed by atoms with Gasteiger partial charge in [-0.15, -0.1) is 0 Å². The van der Waals surface area contributed by atoms with Gasteiger partial charge < -0.3 is 15.2 Å². The van der Waals surface area contributed by atoms with E-state index in [0.29, 0.717) is 0 Å². The summed E-state index contributed by atoms with van der Waals surface area (Å²) in [4.78, 5) is 21.7. The van der Waals surface area contributed by atoms with Gasteiger partial charge in [-0.2, -0.15) is 0 Å². The van der Waals surface area contributed by atoms with Crippen LogP contribution in [0, 0.1) is 5.82 Å².